The normalized spacial score (nSPS) is 13.9. The standard InChI is InChI=1S/C14H7IO3/c15-12-6-5-8(18-12)7-11-13(16)9-3-1-2-4-10(9)14(11)17/h1-7H. The minimum absolute atomic E-state index is 0.168. The van der Waals surface area contributed by atoms with Crippen LogP contribution in [0.5, 0.6) is 0 Å². The Morgan fingerprint density at radius 1 is 0.944 bits per heavy atom. The van der Waals surface area contributed by atoms with Crippen molar-refractivity contribution in [3.05, 3.63) is 62.6 Å². The molecular formula is C14H7IO3. The first-order valence-corrected chi connectivity index (χ1v) is 6.40. The monoisotopic (exact) mass is 350 g/mol. The van der Waals surface area contributed by atoms with Crippen molar-refractivity contribution < 1.29 is 14.0 Å². The summed E-state index contributed by atoms with van der Waals surface area (Å²) < 4.78 is 6.06. The van der Waals surface area contributed by atoms with Crippen molar-refractivity contribution in [1.29, 1.82) is 0 Å². The quantitative estimate of drug-likeness (QED) is 0.450. The highest BCUT2D eigenvalue weighted by Crippen LogP contribution is 2.28. The van der Waals surface area contributed by atoms with Crippen molar-refractivity contribution in [1.82, 2.24) is 0 Å². The molecule has 0 radical (unpaired) electrons. The van der Waals surface area contributed by atoms with Crippen LogP contribution in [-0.4, -0.2) is 11.6 Å². The molecule has 0 spiro atoms. The summed E-state index contributed by atoms with van der Waals surface area (Å²) in [5.41, 5.74) is 1.10. The molecule has 1 aliphatic carbocycles. The average molecular weight is 350 g/mol. The molecule has 0 saturated carbocycles. The number of hydrogen-bond donors (Lipinski definition) is 0. The van der Waals surface area contributed by atoms with Gasteiger partial charge in [-0.1, -0.05) is 24.3 Å². The first kappa shape index (κ1) is 11.4. The van der Waals surface area contributed by atoms with E-state index >= 15 is 0 Å². The minimum Gasteiger partial charge on any atom is -0.451 e. The summed E-state index contributed by atoms with van der Waals surface area (Å²) in [5, 5.41) is 0. The predicted octanol–water partition coefficient (Wildman–Crippen LogP) is 3.35. The summed E-state index contributed by atoms with van der Waals surface area (Å²) in [5.74, 6) is 0.0490. The van der Waals surface area contributed by atoms with Gasteiger partial charge in [-0.15, -0.1) is 0 Å². The minimum atomic E-state index is -0.234. The lowest BCUT2D eigenvalue weighted by Crippen LogP contribution is -1.99. The third kappa shape index (κ3) is 1.73. The number of Topliss-reactive ketones (excluding diaryl/α,β-unsaturated/α-hetero) is 2. The highest BCUT2D eigenvalue weighted by atomic mass is 127. The maximum atomic E-state index is 12.1. The summed E-state index contributed by atoms with van der Waals surface area (Å²) in [6.45, 7) is 0. The molecule has 88 valence electrons. The number of allylic oxidation sites excluding steroid dienone is 1. The van der Waals surface area contributed by atoms with Crippen LogP contribution in [0.15, 0.2) is 46.4 Å². The molecule has 1 aromatic carbocycles. The van der Waals surface area contributed by atoms with Gasteiger partial charge >= 0.3 is 0 Å². The molecule has 0 amide bonds. The van der Waals surface area contributed by atoms with Crippen LogP contribution in [0.3, 0.4) is 0 Å². The lowest BCUT2D eigenvalue weighted by Gasteiger charge is -1.91. The summed E-state index contributed by atoms with van der Waals surface area (Å²) in [7, 11) is 0. The zero-order valence-corrected chi connectivity index (χ0v) is 11.3. The summed E-state index contributed by atoms with van der Waals surface area (Å²) in [6, 6.07) is 10.4. The molecule has 18 heavy (non-hydrogen) atoms. The molecule has 1 heterocycles. The van der Waals surface area contributed by atoms with E-state index < -0.39 is 0 Å². The average Bonchev–Trinajstić information content (AvgIpc) is 2.88. The molecule has 0 atom stereocenters. The van der Waals surface area contributed by atoms with Crippen LogP contribution < -0.4 is 0 Å². The summed E-state index contributed by atoms with van der Waals surface area (Å²) in [4.78, 5) is 24.2. The van der Waals surface area contributed by atoms with E-state index in [4.69, 9.17) is 4.42 Å². The van der Waals surface area contributed by atoms with Gasteiger partial charge in [0.2, 0.25) is 0 Å². The van der Waals surface area contributed by atoms with Gasteiger partial charge in [0.25, 0.3) is 0 Å². The van der Waals surface area contributed by atoms with E-state index in [2.05, 4.69) is 0 Å². The molecule has 1 aromatic heterocycles. The number of carbonyl (C=O) groups is 2. The second-order valence-corrected chi connectivity index (χ2v) is 4.97. The highest BCUT2D eigenvalue weighted by Gasteiger charge is 2.32. The number of halogens is 1. The van der Waals surface area contributed by atoms with Crippen LogP contribution in [0.4, 0.5) is 0 Å². The molecule has 0 unspecified atom stereocenters. The topological polar surface area (TPSA) is 47.3 Å². The molecule has 0 saturated heterocycles. The fourth-order valence-corrected chi connectivity index (χ4v) is 2.39. The van der Waals surface area contributed by atoms with Gasteiger partial charge in [0.05, 0.1) is 5.57 Å². The van der Waals surface area contributed by atoms with Gasteiger partial charge < -0.3 is 4.42 Å². The number of fused-ring (bicyclic) bond motifs is 1. The van der Waals surface area contributed by atoms with E-state index in [1.807, 2.05) is 22.6 Å². The van der Waals surface area contributed by atoms with Gasteiger partial charge in [-0.05, 0) is 40.8 Å². The SMILES string of the molecule is O=C1C(=Cc2ccc(I)o2)C(=O)c2ccccc21. The fourth-order valence-electron chi connectivity index (χ4n) is 1.95. The molecule has 2 aromatic rings. The number of rotatable bonds is 1. The molecule has 3 nitrogen and oxygen atoms in total. The first-order chi connectivity index (χ1) is 8.66. The Balaban J connectivity index is 2.10. The van der Waals surface area contributed by atoms with Crippen molar-refractivity contribution in [3.8, 4) is 0 Å². The largest absolute Gasteiger partial charge is 0.451 e. The molecule has 4 heteroatoms. The van der Waals surface area contributed by atoms with Gasteiger partial charge in [-0.2, -0.15) is 0 Å². The maximum Gasteiger partial charge on any atom is 0.197 e. The van der Waals surface area contributed by atoms with Crippen molar-refractivity contribution in [2.75, 3.05) is 0 Å². The Morgan fingerprint density at radius 2 is 1.56 bits per heavy atom. The van der Waals surface area contributed by atoms with Crippen molar-refractivity contribution in [2.45, 2.75) is 0 Å². The number of ketones is 2. The van der Waals surface area contributed by atoms with E-state index in [0.717, 1.165) is 3.77 Å². The Hall–Kier alpha value is -1.69. The molecular weight excluding hydrogens is 343 g/mol. The van der Waals surface area contributed by atoms with Gasteiger partial charge in [0, 0.05) is 11.1 Å². The van der Waals surface area contributed by atoms with Gasteiger partial charge in [-0.25, -0.2) is 0 Å². The smallest absolute Gasteiger partial charge is 0.197 e. The van der Waals surface area contributed by atoms with Crippen molar-refractivity contribution in [3.63, 3.8) is 0 Å². The van der Waals surface area contributed by atoms with Crippen molar-refractivity contribution >= 4 is 40.2 Å². The maximum absolute atomic E-state index is 12.1. The van der Waals surface area contributed by atoms with Gasteiger partial charge in [0.15, 0.2) is 15.3 Å². The van der Waals surface area contributed by atoms with Crippen molar-refractivity contribution in [2.24, 2.45) is 0 Å². The predicted molar refractivity (Wildman–Crippen MR) is 74.5 cm³/mol. The van der Waals surface area contributed by atoms with Gasteiger partial charge in [0.1, 0.15) is 5.76 Å². The second-order valence-electron chi connectivity index (χ2n) is 3.90. The first-order valence-electron chi connectivity index (χ1n) is 5.32. The van der Waals surface area contributed by atoms with Crippen LogP contribution in [0.2, 0.25) is 0 Å². The van der Waals surface area contributed by atoms with E-state index in [1.54, 1.807) is 36.4 Å². The Labute approximate surface area is 117 Å². The Bertz CT molecular complexity index is 658. The lowest BCUT2D eigenvalue weighted by atomic mass is 10.1. The third-order valence-electron chi connectivity index (χ3n) is 2.79. The molecule has 0 N–H and O–H groups in total. The summed E-state index contributed by atoms with van der Waals surface area (Å²) in [6.07, 6.45) is 1.51. The number of hydrogen-bond acceptors (Lipinski definition) is 3. The second kappa shape index (κ2) is 4.20. The molecule has 1 aliphatic rings. The molecule has 0 fully saturated rings. The molecule has 0 bridgehead atoms. The Kier molecular flexibility index (Phi) is 2.66. The fraction of sp³-hybridized carbons (Fsp3) is 0. The van der Waals surface area contributed by atoms with Crippen LogP contribution in [0.25, 0.3) is 6.08 Å². The molecule has 3 rings (SSSR count). The lowest BCUT2D eigenvalue weighted by molar-refractivity contribution is 0.0990. The van der Waals surface area contributed by atoms with E-state index in [0.29, 0.717) is 16.9 Å². The van der Waals surface area contributed by atoms with Crippen LogP contribution in [-0.2, 0) is 0 Å². The van der Waals surface area contributed by atoms with Crippen LogP contribution >= 0.6 is 22.6 Å². The number of furan rings is 1. The summed E-state index contributed by atoms with van der Waals surface area (Å²) >= 11 is 2.03. The number of carbonyl (C=O) groups excluding carboxylic acids is 2. The van der Waals surface area contributed by atoms with E-state index in [1.165, 1.54) is 6.08 Å². The zero-order valence-electron chi connectivity index (χ0n) is 9.14. The van der Waals surface area contributed by atoms with E-state index in [-0.39, 0.29) is 17.1 Å². The highest BCUT2D eigenvalue weighted by molar-refractivity contribution is 14.1. The van der Waals surface area contributed by atoms with Gasteiger partial charge in [-0.3, -0.25) is 9.59 Å². The zero-order chi connectivity index (χ0) is 12.7. The third-order valence-corrected chi connectivity index (χ3v) is 3.37. The van der Waals surface area contributed by atoms with Crippen LogP contribution in [0, 0.1) is 3.77 Å². The Morgan fingerprint density at radius 3 is 2.06 bits per heavy atom. The van der Waals surface area contributed by atoms with E-state index in [9.17, 15) is 9.59 Å². The van der Waals surface area contributed by atoms with Crippen LogP contribution in [0.1, 0.15) is 26.5 Å². The number of benzene rings is 1. The molecule has 0 aliphatic heterocycles.